The lowest BCUT2D eigenvalue weighted by Crippen LogP contribution is -1.96. The van der Waals surface area contributed by atoms with E-state index in [1.54, 1.807) is 6.92 Å². The molecular weight excluding hydrogens is 94.1 g/mol. The van der Waals surface area contributed by atoms with Crippen molar-refractivity contribution in [2.24, 2.45) is 16.1 Å². The lowest BCUT2D eigenvalue weighted by Gasteiger charge is -1.78. The van der Waals surface area contributed by atoms with Crippen molar-refractivity contribution in [3.63, 3.8) is 0 Å². The highest BCUT2D eigenvalue weighted by molar-refractivity contribution is 6.29. The molecule has 0 aliphatic heterocycles. The second kappa shape index (κ2) is 3.14. The van der Waals surface area contributed by atoms with E-state index in [2.05, 4.69) is 10.3 Å². The molecule has 0 aromatic heterocycles. The van der Waals surface area contributed by atoms with Gasteiger partial charge in [0, 0.05) is 0 Å². The van der Waals surface area contributed by atoms with Crippen LogP contribution in [0.4, 0.5) is 0 Å². The van der Waals surface area contributed by atoms with Gasteiger partial charge in [0.05, 0.1) is 11.9 Å². The molecule has 0 fully saturated rings. The highest BCUT2D eigenvalue weighted by Crippen LogP contribution is 1.62. The minimum Gasteiger partial charge on any atom is -0.411 e. The fraction of sp³-hybridized carbons (Fsp3) is 0.333. The zero-order valence-electron chi connectivity index (χ0n) is 4.00. The van der Waals surface area contributed by atoms with E-state index in [1.807, 2.05) is 0 Å². The molecule has 7 heavy (non-hydrogen) atoms. The van der Waals surface area contributed by atoms with Crippen molar-refractivity contribution in [2.75, 3.05) is 0 Å². The van der Waals surface area contributed by atoms with E-state index in [0.29, 0.717) is 5.71 Å². The van der Waals surface area contributed by atoms with Crippen LogP contribution >= 0.6 is 0 Å². The maximum Gasteiger partial charge on any atom is 0.0891 e. The maximum absolute atomic E-state index is 7.80. The molecule has 0 aromatic rings. The smallest absolute Gasteiger partial charge is 0.0891 e. The highest BCUT2D eigenvalue weighted by Gasteiger charge is 1.76. The second-order valence-corrected chi connectivity index (χ2v) is 1.02. The molecule has 0 heterocycles. The van der Waals surface area contributed by atoms with Gasteiger partial charge in [0.1, 0.15) is 0 Å². The minimum absolute atomic E-state index is 0.488. The van der Waals surface area contributed by atoms with Crippen LogP contribution in [-0.2, 0) is 0 Å². The van der Waals surface area contributed by atoms with Crippen LogP contribution in [0.1, 0.15) is 6.92 Å². The Hall–Kier alpha value is -1.06. The summed E-state index contributed by atoms with van der Waals surface area (Å²) in [5, 5.41) is 13.7. The first-order chi connectivity index (χ1) is 3.31. The van der Waals surface area contributed by atoms with Gasteiger partial charge in [-0.25, -0.2) is 0 Å². The molecule has 0 bridgehead atoms. The molecule has 0 aliphatic carbocycles. The third kappa shape index (κ3) is 2.75. The van der Waals surface area contributed by atoms with E-state index in [1.165, 1.54) is 0 Å². The van der Waals surface area contributed by atoms with Crippen molar-refractivity contribution in [1.82, 2.24) is 0 Å². The number of rotatable bonds is 1. The Balaban J connectivity index is 3.58. The van der Waals surface area contributed by atoms with Crippen LogP contribution in [-0.4, -0.2) is 17.1 Å². The first-order valence-corrected chi connectivity index (χ1v) is 1.73. The normalized spacial score (nSPS) is 13.0. The molecule has 4 heteroatoms. The van der Waals surface area contributed by atoms with Crippen LogP contribution in [0.3, 0.4) is 0 Å². The summed E-state index contributed by atoms with van der Waals surface area (Å²) >= 11 is 0. The molecule has 40 valence electrons. The molecule has 4 nitrogen and oxygen atoms in total. The molecule has 0 aliphatic rings. The van der Waals surface area contributed by atoms with E-state index < -0.39 is 0 Å². The number of hydrazone groups is 1. The van der Waals surface area contributed by atoms with E-state index >= 15 is 0 Å². The summed E-state index contributed by atoms with van der Waals surface area (Å²) in [6.45, 7) is 1.62. The molecule has 0 saturated heterocycles. The lowest BCUT2D eigenvalue weighted by molar-refractivity contribution is 0.322. The van der Waals surface area contributed by atoms with Crippen LogP contribution in [0.15, 0.2) is 10.3 Å². The summed E-state index contributed by atoms with van der Waals surface area (Å²) in [7, 11) is 0. The quantitative estimate of drug-likeness (QED) is 0.207. The van der Waals surface area contributed by atoms with Gasteiger partial charge < -0.3 is 11.0 Å². The molecule has 0 spiro atoms. The fourth-order valence-corrected chi connectivity index (χ4v) is 0.117. The second-order valence-electron chi connectivity index (χ2n) is 1.02. The topological polar surface area (TPSA) is 71.0 Å². The van der Waals surface area contributed by atoms with Gasteiger partial charge in [0.25, 0.3) is 0 Å². The zero-order chi connectivity index (χ0) is 5.70. The van der Waals surface area contributed by atoms with Gasteiger partial charge in [-0.2, -0.15) is 5.10 Å². The SMILES string of the molecule is CC(/C=N/O)=N/N. The number of hydrogen-bond donors (Lipinski definition) is 2. The molecule has 0 amide bonds. The van der Waals surface area contributed by atoms with E-state index in [0.717, 1.165) is 6.21 Å². The Labute approximate surface area is 41.3 Å². The van der Waals surface area contributed by atoms with Crippen molar-refractivity contribution in [3.05, 3.63) is 0 Å². The van der Waals surface area contributed by atoms with E-state index in [4.69, 9.17) is 11.0 Å². The largest absolute Gasteiger partial charge is 0.411 e. The number of hydrogen-bond acceptors (Lipinski definition) is 4. The van der Waals surface area contributed by atoms with E-state index in [-0.39, 0.29) is 0 Å². The summed E-state index contributed by atoms with van der Waals surface area (Å²) in [6, 6.07) is 0. The van der Waals surface area contributed by atoms with Crippen LogP contribution in [0.2, 0.25) is 0 Å². The predicted octanol–water partition coefficient (Wildman–Crippen LogP) is -0.219. The fourth-order valence-electron chi connectivity index (χ4n) is 0.117. The highest BCUT2D eigenvalue weighted by atomic mass is 16.4. The molecule has 0 unspecified atom stereocenters. The Morgan fingerprint density at radius 1 is 1.86 bits per heavy atom. The van der Waals surface area contributed by atoms with E-state index in [9.17, 15) is 0 Å². The summed E-state index contributed by atoms with van der Waals surface area (Å²) in [6.07, 6.45) is 1.15. The van der Waals surface area contributed by atoms with Crippen LogP contribution in [0, 0.1) is 0 Å². The van der Waals surface area contributed by atoms with Gasteiger partial charge in [-0.3, -0.25) is 0 Å². The molecule has 0 radical (unpaired) electrons. The maximum atomic E-state index is 7.80. The molecule has 0 atom stereocenters. The number of nitrogens with two attached hydrogens (primary N) is 1. The third-order valence-corrected chi connectivity index (χ3v) is 0.448. The van der Waals surface area contributed by atoms with Crippen LogP contribution in [0.25, 0.3) is 0 Å². The van der Waals surface area contributed by atoms with Crippen molar-refractivity contribution in [2.45, 2.75) is 6.92 Å². The average Bonchev–Trinajstić information content (AvgIpc) is 1.68. The summed E-state index contributed by atoms with van der Waals surface area (Å²) in [5.74, 6) is 4.74. The van der Waals surface area contributed by atoms with Crippen molar-refractivity contribution in [3.8, 4) is 0 Å². The molecule has 0 aromatic carbocycles. The van der Waals surface area contributed by atoms with Crippen molar-refractivity contribution >= 4 is 11.9 Å². The molecular formula is C3H7N3O. The Morgan fingerprint density at radius 2 is 2.43 bits per heavy atom. The van der Waals surface area contributed by atoms with Crippen molar-refractivity contribution < 1.29 is 5.21 Å². The Morgan fingerprint density at radius 3 is 2.57 bits per heavy atom. The standard InChI is InChI=1S/C3H7N3O/c1-3(6-4)2-5-7/h2,7H,4H2,1H3/b5-2+,6-3-. The lowest BCUT2D eigenvalue weighted by atomic mass is 10.5. The molecule has 0 saturated carbocycles. The van der Waals surface area contributed by atoms with Crippen LogP contribution in [0.5, 0.6) is 0 Å². The Bertz CT molecular complexity index is 96.4. The number of oxime groups is 1. The third-order valence-electron chi connectivity index (χ3n) is 0.448. The van der Waals surface area contributed by atoms with Gasteiger partial charge in [-0.05, 0) is 6.92 Å². The van der Waals surface area contributed by atoms with Crippen LogP contribution < -0.4 is 5.84 Å². The summed E-state index contributed by atoms with van der Waals surface area (Å²) in [4.78, 5) is 0. The van der Waals surface area contributed by atoms with Gasteiger partial charge in [0.15, 0.2) is 0 Å². The molecule has 3 N–H and O–H groups in total. The van der Waals surface area contributed by atoms with Gasteiger partial charge in [-0.1, -0.05) is 5.16 Å². The zero-order valence-corrected chi connectivity index (χ0v) is 4.00. The van der Waals surface area contributed by atoms with Gasteiger partial charge >= 0.3 is 0 Å². The number of nitrogens with zero attached hydrogens (tertiary/aromatic N) is 2. The van der Waals surface area contributed by atoms with Crippen molar-refractivity contribution in [1.29, 1.82) is 0 Å². The average molecular weight is 101 g/mol. The molecule has 0 rings (SSSR count). The first kappa shape index (κ1) is 5.94. The predicted molar refractivity (Wildman–Crippen MR) is 27.6 cm³/mol. The first-order valence-electron chi connectivity index (χ1n) is 1.73. The Kier molecular flexibility index (Phi) is 2.67. The van der Waals surface area contributed by atoms with Gasteiger partial charge in [0.2, 0.25) is 0 Å². The minimum atomic E-state index is 0.488. The monoisotopic (exact) mass is 101 g/mol. The van der Waals surface area contributed by atoms with Gasteiger partial charge in [-0.15, -0.1) is 0 Å². The summed E-state index contributed by atoms with van der Waals surface area (Å²) < 4.78 is 0. The summed E-state index contributed by atoms with van der Waals surface area (Å²) in [5.41, 5.74) is 0.488.